The molecule has 2 N–H and O–H groups in total. The van der Waals surface area contributed by atoms with Crippen LogP contribution in [0.5, 0.6) is 0 Å². The zero-order valence-electron chi connectivity index (χ0n) is 17.0. The molecule has 0 bridgehead atoms. The normalized spacial score (nSPS) is 12.8. The van der Waals surface area contributed by atoms with Gasteiger partial charge in [-0.15, -0.1) is 0 Å². The van der Waals surface area contributed by atoms with Crippen LogP contribution >= 0.6 is 0 Å². The molecule has 0 unspecified atom stereocenters. The monoisotopic (exact) mass is 418 g/mol. The highest BCUT2D eigenvalue weighted by atomic mass is 16.5. The predicted octanol–water partition coefficient (Wildman–Crippen LogP) is 3.65. The minimum Gasteiger partial charge on any atom is -0.461 e. The van der Waals surface area contributed by atoms with Crippen LogP contribution in [-0.2, 0) is 9.53 Å². The molecule has 1 fully saturated rings. The Kier molecular flexibility index (Phi) is 5.79. The molecule has 8 heteroatoms. The van der Waals surface area contributed by atoms with Gasteiger partial charge in [0, 0.05) is 29.1 Å². The van der Waals surface area contributed by atoms with Gasteiger partial charge in [0.25, 0.3) is 5.91 Å². The van der Waals surface area contributed by atoms with Crippen LogP contribution < -0.4 is 10.6 Å². The molecule has 31 heavy (non-hydrogen) atoms. The summed E-state index contributed by atoms with van der Waals surface area (Å²) in [5.41, 5.74) is 2.49. The molecule has 2 aromatic carbocycles. The second-order valence-electron chi connectivity index (χ2n) is 7.21. The summed E-state index contributed by atoms with van der Waals surface area (Å²) in [5, 5.41) is 9.92. The van der Waals surface area contributed by atoms with E-state index in [2.05, 4.69) is 15.7 Å². The molecule has 8 nitrogen and oxygen atoms in total. The van der Waals surface area contributed by atoms with Crippen molar-refractivity contribution >= 4 is 29.2 Å². The summed E-state index contributed by atoms with van der Waals surface area (Å²) in [6, 6.07) is 15.5. The lowest BCUT2D eigenvalue weighted by atomic mass is 10.1. The van der Waals surface area contributed by atoms with Crippen LogP contribution in [-0.4, -0.2) is 34.2 Å². The summed E-state index contributed by atoms with van der Waals surface area (Å²) in [6.45, 7) is 2.01. The Labute approximate surface area is 179 Å². The highest BCUT2D eigenvalue weighted by Crippen LogP contribution is 2.30. The van der Waals surface area contributed by atoms with E-state index in [1.807, 2.05) is 6.07 Å². The third kappa shape index (κ3) is 4.98. The fourth-order valence-electron chi connectivity index (χ4n) is 3.04. The first kappa shape index (κ1) is 20.3. The number of benzene rings is 2. The first-order valence-electron chi connectivity index (χ1n) is 10.1. The Hall–Kier alpha value is -3.94. The van der Waals surface area contributed by atoms with Crippen molar-refractivity contribution in [3.63, 3.8) is 0 Å². The Morgan fingerprint density at radius 2 is 1.77 bits per heavy atom. The molecule has 158 valence electrons. The van der Waals surface area contributed by atoms with Gasteiger partial charge in [0.15, 0.2) is 5.69 Å². The fraction of sp³-hybridized carbons (Fsp3) is 0.217. The number of ether oxygens (including phenoxy) is 1. The van der Waals surface area contributed by atoms with Crippen LogP contribution in [0.25, 0.3) is 5.69 Å². The minimum absolute atomic E-state index is 0.00771. The molecule has 0 saturated heterocycles. The summed E-state index contributed by atoms with van der Waals surface area (Å²) >= 11 is 0. The van der Waals surface area contributed by atoms with E-state index in [0.717, 1.165) is 12.8 Å². The van der Waals surface area contributed by atoms with Gasteiger partial charge < -0.3 is 15.4 Å². The number of amides is 2. The number of carbonyl (C=O) groups is 3. The summed E-state index contributed by atoms with van der Waals surface area (Å²) in [4.78, 5) is 36.5. The minimum atomic E-state index is -0.487. The predicted molar refractivity (Wildman–Crippen MR) is 115 cm³/mol. The number of rotatable bonds is 7. The number of hydrogen-bond donors (Lipinski definition) is 2. The molecule has 1 heterocycles. The number of nitrogens with zero attached hydrogens (tertiary/aromatic N) is 2. The van der Waals surface area contributed by atoms with Gasteiger partial charge in [0.05, 0.1) is 12.3 Å². The third-order valence-electron chi connectivity index (χ3n) is 4.78. The first-order valence-corrected chi connectivity index (χ1v) is 10.1. The zero-order chi connectivity index (χ0) is 21.8. The van der Waals surface area contributed by atoms with E-state index in [1.54, 1.807) is 61.7 Å². The maximum Gasteiger partial charge on any atom is 0.358 e. The highest BCUT2D eigenvalue weighted by molar-refractivity contribution is 6.05. The number of esters is 1. The highest BCUT2D eigenvalue weighted by Gasteiger charge is 2.29. The van der Waals surface area contributed by atoms with Gasteiger partial charge in [-0.1, -0.05) is 12.1 Å². The van der Waals surface area contributed by atoms with E-state index in [1.165, 1.54) is 4.68 Å². The average molecular weight is 418 g/mol. The summed E-state index contributed by atoms with van der Waals surface area (Å²) in [5.74, 6) is -0.703. The second-order valence-corrected chi connectivity index (χ2v) is 7.21. The molecule has 2 amide bonds. The Balaban J connectivity index is 1.46. The van der Waals surface area contributed by atoms with Crippen LogP contribution in [0.2, 0.25) is 0 Å². The standard InChI is InChI=1S/C23H22N4O4/c1-2-31-23(30)20-11-12-27(26-20)19-8-4-7-18(14-19)25-22(29)16-5-3-6-17(13-16)24-21(28)15-9-10-15/h3-8,11-15H,2,9-10H2,1H3,(H,24,28)(H,25,29). The molecule has 0 spiro atoms. The van der Waals surface area contributed by atoms with Gasteiger partial charge in [-0.2, -0.15) is 5.10 Å². The quantitative estimate of drug-likeness (QED) is 0.570. The van der Waals surface area contributed by atoms with E-state index in [9.17, 15) is 14.4 Å². The van der Waals surface area contributed by atoms with Gasteiger partial charge in [-0.05, 0) is 62.2 Å². The number of anilines is 2. The number of hydrogen-bond acceptors (Lipinski definition) is 5. The average Bonchev–Trinajstić information content (AvgIpc) is 3.51. The van der Waals surface area contributed by atoms with Crippen molar-refractivity contribution in [3.05, 3.63) is 72.1 Å². The van der Waals surface area contributed by atoms with E-state index in [4.69, 9.17) is 4.74 Å². The molecule has 0 radical (unpaired) electrons. The summed E-state index contributed by atoms with van der Waals surface area (Å²) in [7, 11) is 0. The van der Waals surface area contributed by atoms with Crippen molar-refractivity contribution in [2.24, 2.45) is 5.92 Å². The third-order valence-corrected chi connectivity index (χ3v) is 4.78. The van der Waals surface area contributed by atoms with Gasteiger partial charge >= 0.3 is 5.97 Å². The molecular formula is C23H22N4O4. The number of nitrogens with one attached hydrogen (secondary N) is 2. The van der Waals surface area contributed by atoms with Crippen LogP contribution in [0.4, 0.5) is 11.4 Å². The summed E-state index contributed by atoms with van der Waals surface area (Å²) < 4.78 is 6.49. The number of aromatic nitrogens is 2. The Morgan fingerprint density at radius 3 is 2.52 bits per heavy atom. The molecule has 1 aromatic heterocycles. The van der Waals surface area contributed by atoms with Crippen LogP contribution in [0, 0.1) is 5.92 Å². The first-order chi connectivity index (χ1) is 15.0. The Morgan fingerprint density at radius 1 is 1.03 bits per heavy atom. The lowest BCUT2D eigenvalue weighted by Crippen LogP contribution is -2.15. The van der Waals surface area contributed by atoms with Crippen molar-refractivity contribution in [3.8, 4) is 5.69 Å². The lowest BCUT2D eigenvalue weighted by molar-refractivity contribution is -0.117. The van der Waals surface area contributed by atoms with Crippen LogP contribution in [0.1, 0.15) is 40.6 Å². The van der Waals surface area contributed by atoms with Gasteiger partial charge in [-0.3, -0.25) is 9.59 Å². The fourth-order valence-corrected chi connectivity index (χ4v) is 3.04. The molecule has 3 aromatic rings. The molecule has 1 saturated carbocycles. The second kappa shape index (κ2) is 8.83. The van der Waals surface area contributed by atoms with Crippen molar-refractivity contribution in [2.45, 2.75) is 19.8 Å². The molecule has 1 aliphatic carbocycles. The molecule has 1 aliphatic rings. The largest absolute Gasteiger partial charge is 0.461 e. The smallest absolute Gasteiger partial charge is 0.358 e. The van der Waals surface area contributed by atoms with Crippen molar-refractivity contribution in [1.82, 2.24) is 9.78 Å². The Bertz CT molecular complexity index is 1130. The molecule has 0 aliphatic heterocycles. The topological polar surface area (TPSA) is 102 Å². The zero-order valence-corrected chi connectivity index (χ0v) is 17.0. The summed E-state index contributed by atoms with van der Waals surface area (Å²) in [6.07, 6.45) is 3.49. The van der Waals surface area contributed by atoms with Gasteiger partial charge in [-0.25, -0.2) is 9.48 Å². The van der Waals surface area contributed by atoms with Crippen LogP contribution in [0.15, 0.2) is 60.8 Å². The molecule has 4 rings (SSSR count). The van der Waals surface area contributed by atoms with Crippen LogP contribution in [0.3, 0.4) is 0 Å². The van der Waals surface area contributed by atoms with E-state index in [0.29, 0.717) is 22.6 Å². The lowest BCUT2D eigenvalue weighted by Gasteiger charge is -2.09. The maximum absolute atomic E-state index is 12.7. The van der Waals surface area contributed by atoms with E-state index < -0.39 is 5.97 Å². The van der Waals surface area contributed by atoms with Crippen molar-refractivity contribution < 1.29 is 19.1 Å². The van der Waals surface area contributed by atoms with Gasteiger partial charge in [0.2, 0.25) is 5.91 Å². The van der Waals surface area contributed by atoms with E-state index >= 15 is 0 Å². The number of carbonyl (C=O) groups excluding carboxylic acids is 3. The molecular weight excluding hydrogens is 396 g/mol. The van der Waals surface area contributed by atoms with Gasteiger partial charge in [0.1, 0.15) is 0 Å². The maximum atomic E-state index is 12.7. The van der Waals surface area contributed by atoms with Crippen molar-refractivity contribution in [2.75, 3.05) is 17.2 Å². The van der Waals surface area contributed by atoms with E-state index in [-0.39, 0.29) is 30.0 Å². The van der Waals surface area contributed by atoms with Crippen molar-refractivity contribution in [1.29, 1.82) is 0 Å². The molecule has 0 atom stereocenters. The SMILES string of the molecule is CCOC(=O)c1ccn(-c2cccc(NC(=O)c3cccc(NC(=O)C4CC4)c3)c2)n1.